The van der Waals surface area contributed by atoms with Gasteiger partial charge in [0.1, 0.15) is 5.75 Å². The van der Waals surface area contributed by atoms with E-state index in [-0.39, 0.29) is 24.5 Å². The Morgan fingerprint density at radius 3 is 2.24 bits per heavy atom. The molecule has 0 aliphatic carbocycles. The summed E-state index contributed by atoms with van der Waals surface area (Å²) in [6.07, 6.45) is 0.920. The predicted octanol–water partition coefficient (Wildman–Crippen LogP) is 4.48. The molecule has 2 N–H and O–H groups in total. The first-order valence-corrected chi connectivity index (χ1v) is 11.4. The number of nitrogens with zero attached hydrogens (tertiary/aromatic N) is 3. The van der Waals surface area contributed by atoms with Gasteiger partial charge in [0.15, 0.2) is 0 Å². The molecule has 0 aromatic heterocycles. The number of carbonyl (C=O) groups is 2. The summed E-state index contributed by atoms with van der Waals surface area (Å²) in [7, 11) is 2.97. The molecular weight excluding hydrogens is 432 g/mol. The minimum atomic E-state index is -0.506. The van der Waals surface area contributed by atoms with Gasteiger partial charge in [0, 0.05) is 13.1 Å². The molecule has 0 aliphatic heterocycles. The standard InChI is InChI=1S/C26H36N4O4/c1-7-16-34-23-14-12-22(13-15-23)28-25(27)30(17-21-10-8-18(2)9-11-21)26(32)29(5)20(4)19(3)24(31)33-6/h8-15,19-20H,7,16-17H2,1-6H3,(H2,27,28)/t19-,20+/m1/s1. The molecule has 0 bridgehead atoms. The fourth-order valence-corrected chi connectivity index (χ4v) is 3.23. The van der Waals surface area contributed by atoms with Gasteiger partial charge in [-0.1, -0.05) is 36.8 Å². The number of carbonyl (C=O) groups excluding carboxylic acids is 2. The second kappa shape index (κ2) is 12.6. The van der Waals surface area contributed by atoms with Crippen molar-refractivity contribution in [2.24, 2.45) is 16.6 Å². The summed E-state index contributed by atoms with van der Waals surface area (Å²) >= 11 is 0. The van der Waals surface area contributed by atoms with Crippen molar-refractivity contribution in [3.63, 3.8) is 0 Å². The summed E-state index contributed by atoms with van der Waals surface area (Å²) in [5, 5.41) is 0. The monoisotopic (exact) mass is 468 g/mol. The average Bonchev–Trinajstić information content (AvgIpc) is 2.85. The molecule has 184 valence electrons. The molecule has 2 aromatic rings. The second-order valence-electron chi connectivity index (χ2n) is 8.33. The van der Waals surface area contributed by atoms with Gasteiger partial charge in [-0.15, -0.1) is 0 Å². The molecule has 34 heavy (non-hydrogen) atoms. The van der Waals surface area contributed by atoms with Crippen LogP contribution in [0.2, 0.25) is 0 Å². The van der Waals surface area contributed by atoms with Crippen LogP contribution in [0.15, 0.2) is 53.5 Å². The van der Waals surface area contributed by atoms with Crippen LogP contribution in [-0.2, 0) is 16.1 Å². The summed E-state index contributed by atoms with van der Waals surface area (Å²) < 4.78 is 10.5. The molecule has 0 heterocycles. The highest BCUT2D eigenvalue weighted by Gasteiger charge is 2.31. The smallest absolute Gasteiger partial charge is 0.327 e. The highest BCUT2D eigenvalue weighted by molar-refractivity contribution is 5.96. The van der Waals surface area contributed by atoms with E-state index in [2.05, 4.69) is 4.99 Å². The lowest BCUT2D eigenvalue weighted by atomic mass is 10.0. The third-order valence-electron chi connectivity index (χ3n) is 5.73. The number of aryl methyl sites for hydroxylation is 1. The molecule has 0 spiro atoms. The topological polar surface area (TPSA) is 97.5 Å². The SMILES string of the molecule is CCCOc1ccc(/N=C(\N)N(Cc2ccc(C)cc2)C(=O)N(C)[C@@H](C)[C@@H](C)C(=O)OC)cc1. The molecule has 8 nitrogen and oxygen atoms in total. The van der Waals surface area contributed by atoms with Crippen LogP contribution < -0.4 is 10.5 Å². The summed E-state index contributed by atoms with van der Waals surface area (Å²) in [4.78, 5) is 32.9. The minimum Gasteiger partial charge on any atom is -0.494 e. The van der Waals surface area contributed by atoms with Crippen LogP contribution in [0.4, 0.5) is 10.5 Å². The normalized spacial score (nSPS) is 13.1. The lowest BCUT2D eigenvalue weighted by Crippen LogP contribution is -2.52. The largest absolute Gasteiger partial charge is 0.494 e. The first-order chi connectivity index (χ1) is 16.2. The maximum atomic E-state index is 13.5. The number of benzene rings is 2. The first kappa shape index (κ1) is 26.7. The lowest BCUT2D eigenvalue weighted by molar-refractivity contribution is -0.146. The van der Waals surface area contributed by atoms with Crippen molar-refractivity contribution in [1.29, 1.82) is 0 Å². The number of guanidine groups is 1. The maximum Gasteiger partial charge on any atom is 0.327 e. The Morgan fingerprint density at radius 1 is 1.06 bits per heavy atom. The zero-order chi connectivity index (χ0) is 25.3. The van der Waals surface area contributed by atoms with Gasteiger partial charge in [0.05, 0.1) is 31.9 Å². The van der Waals surface area contributed by atoms with Gasteiger partial charge in [-0.2, -0.15) is 0 Å². The summed E-state index contributed by atoms with van der Waals surface area (Å²) in [6, 6.07) is 14.3. The van der Waals surface area contributed by atoms with E-state index in [1.54, 1.807) is 33.0 Å². The number of nitrogens with two attached hydrogens (primary N) is 1. The van der Waals surface area contributed by atoms with Crippen molar-refractivity contribution >= 4 is 23.6 Å². The molecule has 2 atom stereocenters. The Kier molecular flexibility index (Phi) is 9.92. The maximum absolute atomic E-state index is 13.5. The number of hydrogen-bond donors (Lipinski definition) is 1. The van der Waals surface area contributed by atoms with E-state index >= 15 is 0 Å². The van der Waals surface area contributed by atoms with Crippen LogP contribution in [0.3, 0.4) is 0 Å². The number of esters is 1. The van der Waals surface area contributed by atoms with Crippen LogP contribution >= 0.6 is 0 Å². The molecule has 0 saturated heterocycles. The Labute approximate surface area is 202 Å². The molecule has 2 amide bonds. The summed E-state index contributed by atoms with van der Waals surface area (Å²) in [6.45, 7) is 8.44. The van der Waals surface area contributed by atoms with Crippen LogP contribution in [-0.4, -0.2) is 54.6 Å². The van der Waals surface area contributed by atoms with Gasteiger partial charge in [-0.3, -0.25) is 9.69 Å². The third kappa shape index (κ3) is 7.23. The molecule has 0 saturated carbocycles. The molecule has 0 aliphatic rings. The number of methoxy groups -OCH3 is 1. The van der Waals surface area contributed by atoms with Crippen molar-refractivity contribution in [2.45, 2.75) is 46.7 Å². The zero-order valence-corrected chi connectivity index (χ0v) is 20.9. The Morgan fingerprint density at radius 2 is 1.68 bits per heavy atom. The third-order valence-corrected chi connectivity index (χ3v) is 5.73. The van der Waals surface area contributed by atoms with Gasteiger partial charge in [0.2, 0.25) is 5.96 Å². The number of amides is 2. The number of rotatable bonds is 9. The summed E-state index contributed by atoms with van der Waals surface area (Å²) in [5.74, 6) is -0.0897. The van der Waals surface area contributed by atoms with Gasteiger partial charge in [0.25, 0.3) is 0 Å². The molecule has 0 unspecified atom stereocenters. The zero-order valence-electron chi connectivity index (χ0n) is 20.9. The van der Waals surface area contributed by atoms with Gasteiger partial charge >= 0.3 is 12.0 Å². The van der Waals surface area contributed by atoms with Crippen molar-refractivity contribution in [2.75, 3.05) is 20.8 Å². The van der Waals surface area contributed by atoms with E-state index in [4.69, 9.17) is 15.2 Å². The predicted molar refractivity (Wildman–Crippen MR) is 134 cm³/mol. The van der Waals surface area contributed by atoms with E-state index < -0.39 is 12.0 Å². The second-order valence-corrected chi connectivity index (χ2v) is 8.33. The van der Waals surface area contributed by atoms with E-state index in [0.717, 1.165) is 23.3 Å². The van der Waals surface area contributed by atoms with Crippen LogP contribution in [0.25, 0.3) is 0 Å². The van der Waals surface area contributed by atoms with Crippen LogP contribution in [0.1, 0.15) is 38.3 Å². The van der Waals surface area contributed by atoms with Gasteiger partial charge in [-0.25, -0.2) is 9.79 Å². The molecule has 2 aromatic carbocycles. The number of hydrogen-bond acceptors (Lipinski definition) is 5. The van der Waals surface area contributed by atoms with Crippen LogP contribution in [0.5, 0.6) is 5.75 Å². The average molecular weight is 469 g/mol. The molecule has 8 heteroatoms. The Bertz CT molecular complexity index is 973. The Balaban J connectivity index is 2.32. The number of aliphatic imine (C=N–C) groups is 1. The van der Waals surface area contributed by atoms with Crippen molar-refractivity contribution in [3.8, 4) is 5.75 Å². The molecule has 0 radical (unpaired) electrons. The van der Waals surface area contributed by atoms with E-state index in [1.165, 1.54) is 16.9 Å². The van der Waals surface area contributed by atoms with Gasteiger partial charge < -0.3 is 20.1 Å². The quantitative estimate of drug-likeness (QED) is 0.332. The van der Waals surface area contributed by atoms with E-state index in [9.17, 15) is 9.59 Å². The van der Waals surface area contributed by atoms with Crippen molar-refractivity contribution in [1.82, 2.24) is 9.80 Å². The Hall–Kier alpha value is -3.55. The molecular formula is C26H36N4O4. The van der Waals surface area contributed by atoms with E-state index in [0.29, 0.717) is 12.3 Å². The molecule has 2 rings (SSSR count). The van der Waals surface area contributed by atoms with E-state index in [1.807, 2.05) is 50.2 Å². The van der Waals surface area contributed by atoms with Gasteiger partial charge in [-0.05, 0) is 57.0 Å². The van der Waals surface area contributed by atoms with Crippen molar-refractivity contribution < 1.29 is 19.1 Å². The fourth-order valence-electron chi connectivity index (χ4n) is 3.23. The highest BCUT2D eigenvalue weighted by Crippen LogP contribution is 2.20. The lowest BCUT2D eigenvalue weighted by Gasteiger charge is -2.33. The van der Waals surface area contributed by atoms with Crippen molar-refractivity contribution in [3.05, 3.63) is 59.7 Å². The number of urea groups is 1. The minimum absolute atomic E-state index is 0.0533. The number of ether oxygens (including phenoxy) is 2. The first-order valence-electron chi connectivity index (χ1n) is 11.4. The molecule has 0 fully saturated rings. The fraction of sp³-hybridized carbons (Fsp3) is 0.423. The highest BCUT2D eigenvalue weighted by atomic mass is 16.5. The summed E-state index contributed by atoms with van der Waals surface area (Å²) in [5.41, 5.74) is 8.97. The van der Waals surface area contributed by atoms with Crippen LogP contribution in [0, 0.1) is 12.8 Å².